The maximum atomic E-state index is 12.5. The lowest BCUT2D eigenvalue weighted by Gasteiger charge is -2.38. The minimum absolute atomic E-state index is 0.189. The molecule has 0 heterocycles. The van der Waals surface area contributed by atoms with Crippen molar-refractivity contribution in [1.82, 2.24) is 10.2 Å². The number of nitrogens with two attached hydrogens (primary N) is 1. The molecule has 0 unspecified atom stereocenters. The lowest BCUT2D eigenvalue weighted by atomic mass is 9.81. The molecule has 0 aliphatic heterocycles. The zero-order valence-electron chi connectivity index (χ0n) is 16.0. The fourth-order valence-electron chi connectivity index (χ4n) is 3.44. The number of hydrogen-bond acceptors (Lipinski definition) is 5. The van der Waals surface area contributed by atoms with E-state index in [4.69, 9.17) is 10.5 Å². The number of nitriles is 1. The summed E-state index contributed by atoms with van der Waals surface area (Å²) < 4.78 is 5.13. The van der Waals surface area contributed by atoms with Gasteiger partial charge in [-0.2, -0.15) is 5.26 Å². The van der Waals surface area contributed by atoms with E-state index in [9.17, 15) is 19.6 Å². The molecule has 1 aliphatic carbocycles. The molecule has 0 saturated heterocycles. The summed E-state index contributed by atoms with van der Waals surface area (Å²) in [6, 6.07) is 9.48. The number of hydrogen-bond donors (Lipinski definition) is 2. The average Bonchev–Trinajstić information content (AvgIpc) is 2.71. The van der Waals surface area contributed by atoms with Gasteiger partial charge in [-0.1, -0.05) is 49.6 Å². The molecule has 1 atom stereocenters. The first-order chi connectivity index (χ1) is 13.4. The number of esters is 1. The number of benzene rings is 1. The number of amides is 3. The summed E-state index contributed by atoms with van der Waals surface area (Å²) >= 11 is 0. The highest BCUT2D eigenvalue weighted by Crippen LogP contribution is 2.32. The van der Waals surface area contributed by atoms with Crippen LogP contribution in [0.1, 0.15) is 37.7 Å². The van der Waals surface area contributed by atoms with Crippen molar-refractivity contribution in [2.75, 3.05) is 13.7 Å². The van der Waals surface area contributed by atoms with Gasteiger partial charge in [-0.15, -0.1) is 0 Å². The molecule has 0 radical (unpaired) electrons. The fraction of sp³-hybridized carbons (Fsp3) is 0.500. The number of ether oxygens (including phenoxy) is 1. The van der Waals surface area contributed by atoms with Crippen LogP contribution in [0.3, 0.4) is 0 Å². The number of rotatable bonds is 7. The molecule has 28 heavy (non-hydrogen) atoms. The molecule has 8 nitrogen and oxygen atoms in total. The zero-order chi connectivity index (χ0) is 20.6. The first-order valence-corrected chi connectivity index (χ1v) is 9.32. The smallest absolute Gasteiger partial charge is 0.329 e. The van der Waals surface area contributed by atoms with E-state index in [1.54, 1.807) is 7.05 Å². The normalized spacial score (nSPS) is 16.3. The maximum Gasteiger partial charge on any atom is 0.329 e. The van der Waals surface area contributed by atoms with E-state index >= 15 is 0 Å². The molecule has 0 bridgehead atoms. The summed E-state index contributed by atoms with van der Waals surface area (Å²) in [7, 11) is 1.56. The largest absolute Gasteiger partial charge is 0.454 e. The monoisotopic (exact) mass is 386 g/mol. The van der Waals surface area contributed by atoms with Crippen molar-refractivity contribution in [2.45, 2.75) is 50.1 Å². The Morgan fingerprint density at radius 1 is 1.25 bits per heavy atom. The Balaban J connectivity index is 1.97. The van der Waals surface area contributed by atoms with Gasteiger partial charge in [0.05, 0.1) is 6.07 Å². The summed E-state index contributed by atoms with van der Waals surface area (Å²) in [5, 5.41) is 11.9. The predicted octanol–water partition coefficient (Wildman–Crippen LogP) is 1.49. The minimum atomic E-state index is -1.00. The SMILES string of the molecule is CN(C(=O)COC(=O)[C@H](Cc1ccccc1)NC(N)=O)C1(C#N)CCCCC1. The van der Waals surface area contributed by atoms with E-state index in [2.05, 4.69) is 11.4 Å². The number of carbonyl (C=O) groups excluding carboxylic acids is 3. The van der Waals surface area contributed by atoms with Crippen molar-refractivity contribution in [1.29, 1.82) is 5.26 Å². The summed E-state index contributed by atoms with van der Waals surface area (Å²) in [5.74, 6) is -1.20. The third-order valence-corrected chi connectivity index (χ3v) is 5.13. The Labute approximate surface area is 164 Å². The van der Waals surface area contributed by atoms with E-state index in [-0.39, 0.29) is 6.42 Å². The van der Waals surface area contributed by atoms with Gasteiger partial charge in [0, 0.05) is 13.5 Å². The molecule has 2 rings (SSSR count). The summed E-state index contributed by atoms with van der Waals surface area (Å²) in [5.41, 5.74) is 5.11. The van der Waals surface area contributed by atoms with Crippen LogP contribution < -0.4 is 11.1 Å². The Morgan fingerprint density at radius 2 is 1.89 bits per heavy atom. The maximum absolute atomic E-state index is 12.5. The van der Waals surface area contributed by atoms with E-state index < -0.39 is 36.1 Å². The molecular weight excluding hydrogens is 360 g/mol. The highest BCUT2D eigenvalue weighted by molar-refractivity contribution is 5.86. The Morgan fingerprint density at radius 3 is 2.46 bits per heavy atom. The molecule has 8 heteroatoms. The number of urea groups is 1. The second-order valence-corrected chi connectivity index (χ2v) is 7.02. The minimum Gasteiger partial charge on any atom is -0.454 e. The lowest BCUT2D eigenvalue weighted by Crippen LogP contribution is -2.51. The number of primary amides is 1. The lowest BCUT2D eigenvalue weighted by molar-refractivity contribution is -0.155. The average molecular weight is 386 g/mol. The molecule has 3 amide bonds. The molecular formula is C20H26N4O4. The number of nitrogens with one attached hydrogen (secondary N) is 1. The number of carbonyl (C=O) groups is 3. The third-order valence-electron chi connectivity index (χ3n) is 5.13. The van der Waals surface area contributed by atoms with Crippen molar-refractivity contribution in [3.8, 4) is 6.07 Å². The third kappa shape index (κ3) is 5.46. The van der Waals surface area contributed by atoms with Crippen LogP contribution in [0.15, 0.2) is 30.3 Å². The van der Waals surface area contributed by atoms with Crippen LogP contribution in [0.4, 0.5) is 4.79 Å². The van der Waals surface area contributed by atoms with Crippen molar-refractivity contribution in [3.63, 3.8) is 0 Å². The number of nitrogens with zero attached hydrogens (tertiary/aromatic N) is 2. The Kier molecular flexibility index (Phi) is 7.38. The van der Waals surface area contributed by atoms with Crippen LogP contribution in [0, 0.1) is 11.3 Å². The van der Waals surface area contributed by atoms with Crippen LogP contribution >= 0.6 is 0 Å². The second-order valence-electron chi connectivity index (χ2n) is 7.02. The van der Waals surface area contributed by atoms with Gasteiger partial charge < -0.3 is 20.7 Å². The van der Waals surface area contributed by atoms with E-state index in [0.29, 0.717) is 12.8 Å². The number of likely N-dealkylation sites (N-methyl/N-ethyl adjacent to an activating group) is 1. The van der Waals surface area contributed by atoms with E-state index in [0.717, 1.165) is 24.8 Å². The molecule has 1 fully saturated rings. The van der Waals surface area contributed by atoms with Gasteiger partial charge >= 0.3 is 12.0 Å². The zero-order valence-corrected chi connectivity index (χ0v) is 16.0. The highest BCUT2D eigenvalue weighted by Gasteiger charge is 2.39. The van der Waals surface area contributed by atoms with Crippen LogP contribution in [-0.2, 0) is 20.7 Å². The first-order valence-electron chi connectivity index (χ1n) is 9.32. The van der Waals surface area contributed by atoms with Crippen molar-refractivity contribution < 1.29 is 19.1 Å². The Hall–Kier alpha value is -3.08. The second kappa shape index (κ2) is 9.74. The fourth-order valence-corrected chi connectivity index (χ4v) is 3.44. The van der Waals surface area contributed by atoms with Gasteiger partial charge in [-0.05, 0) is 18.4 Å². The standard InChI is InChI=1S/C20H26N4O4/c1-24(20(14-21)10-6-3-7-11-20)17(25)13-28-18(26)16(23-19(22)27)12-15-8-4-2-5-9-15/h2,4-5,8-9,16H,3,6-7,10-13H2,1H3,(H3,22,23,27)/t16-/m0/s1. The summed E-state index contributed by atoms with van der Waals surface area (Å²) in [4.78, 5) is 37.5. The molecule has 0 aromatic heterocycles. The molecule has 1 aliphatic rings. The van der Waals surface area contributed by atoms with Crippen molar-refractivity contribution in [2.24, 2.45) is 5.73 Å². The van der Waals surface area contributed by atoms with E-state index in [1.165, 1.54) is 4.90 Å². The molecule has 0 spiro atoms. The van der Waals surface area contributed by atoms with Crippen LogP contribution in [0.5, 0.6) is 0 Å². The van der Waals surface area contributed by atoms with Crippen molar-refractivity contribution in [3.05, 3.63) is 35.9 Å². The van der Waals surface area contributed by atoms with Gasteiger partial charge in [0.1, 0.15) is 11.6 Å². The van der Waals surface area contributed by atoms with Crippen molar-refractivity contribution >= 4 is 17.9 Å². The highest BCUT2D eigenvalue weighted by atomic mass is 16.5. The Bertz CT molecular complexity index is 738. The van der Waals surface area contributed by atoms with Gasteiger partial charge in [0.25, 0.3) is 5.91 Å². The topological polar surface area (TPSA) is 126 Å². The van der Waals surface area contributed by atoms with Crippen LogP contribution in [-0.4, -0.2) is 48.0 Å². The molecule has 1 aromatic carbocycles. The predicted molar refractivity (Wildman–Crippen MR) is 102 cm³/mol. The van der Waals surface area contributed by atoms with E-state index in [1.807, 2.05) is 30.3 Å². The molecule has 1 aromatic rings. The summed E-state index contributed by atoms with van der Waals surface area (Å²) in [6.07, 6.45) is 4.22. The first kappa shape index (κ1) is 21.2. The van der Waals surface area contributed by atoms with Gasteiger partial charge in [-0.25, -0.2) is 9.59 Å². The van der Waals surface area contributed by atoms with Crippen LogP contribution in [0.2, 0.25) is 0 Å². The summed E-state index contributed by atoms with van der Waals surface area (Å²) in [6.45, 7) is -0.496. The van der Waals surface area contributed by atoms with Gasteiger partial charge in [0.15, 0.2) is 6.61 Å². The molecule has 1 saturated carbocycles. The quantitative estimate of drug-likeness (QED) is 0.687. The molecule has 150 valence electrons. The van der Waals surface area contributed by atoms with Gasteiger partial charge in [-0.3, -0.25) is 4.79 Å². The van der Waals surface area contributed by atoms with Crippen LogP contribution in [0.25, 0.3) is 0 Å². The molecule has 3 N–H and O–H groups in total. The van der Waals surface area contributed by atoms with Gasteiger partial charge in [0.2, 0.25) is 0 Å².